The van der Waals surface area contributed by atoms with Crippen molar-refractivity contribution >= 4 is 28.9 Å². The molecule has 4 rings (SSSR count). The number of benzene rings is 2. The largest absolute Gasteiger partial charge is 0.508 e. The summed E-state index contributed by atoms with van der Waals surface area (Å²) in [4.78, 5) is 0. The summed E-state index contributed by atoms with van der Waals surface area (Å²) in [5.74, 6) is 0.963. The first-order valence-electron chi connectivity index (χ1n) is 9.06. The van der Waals surface area contributed by atoms with Crippen LogP contribution in [0.3, 0.4) is 0 Å². The molecule has 3 N–H and O–H groups in total. The van der Waals surface area contributed by atoms with Crippen molar-refractivity contribution in [1.29, 1.82) is 0 Å². The van der Waals surface area contributed by atoms with Crippen LogP contribution in [0.15, 0.2) is 36.4 Å². The molecule has 142 valence electrons. The van der Waals surface area contributed by atoms with Gasteiger partial charge >= 0.3 is 0 Å². The van der Waals surface area contributed by atoms with Crippen molar-refractivity contribution in [1.82, 2.24) is 10.6 Å². The standard InChI is InChI=1S/C21H23ClN2O2S/c1-12-17(25)9-8-14-15(13-6-4-5-7-16(13)22)10-21(26-18(12)14)11-20(2,3)23-19(27)24-21/h4-9,15,25H,10-11H2,1-3H3,(H2,23,24,27). The van der Waals surface area contributed by atoms with Crippen molar-refractivity contribution in [3.05, 3.63) is 58.1 Å². The third kappa shape index (κ3) is 3.23. The lowest BCUT2D eigenvalue weighted by Gasteiger charge is -2.51. The van der Waals surface area contributed by atoms with Gasteiger partial charge in [-0.1, -0.05) is 35.9 Å². The van der Waals surface area contributed by atoms with Crippen LogP contribution in [0.1, 0.15) is 49.3 Å². The minimum atomic E-state index is -0.665. The van der Waals surface area contributed by atoms with E-state index in [0.717, 1.165) is 28.1 Å². The molecule has 0 aliphatic carbocycles. The fourth-order valence-electron chi connectivity index (χ4n) is 4.36. The van der Waals surface area contributed by atoms with Gasteiger partial charge in [0.15, 0.2) is 10.8 Å². The van der Waals surface area contributed by atoms with Gasteiger partial charge in [-0.05, 0) is 50.7 Å². The molecule has 0 saturated carbocycles. The predicted octanol–water partition coefficient (Wildman–Crippen LogP) is 4.61. The Morgan fingerprint density at radius 1 is 1.15 bits per heavy atom. The molecule has 2 aromatic carbocycles. The second-order valence-electron chi connectivity index (χ2n) is 8.14. The highest BCUT2D eigenvalue weighted by atomic mass is 35.5. The van der Waals surface area contributed by atoms with Gasteiger partial charge in [0.1, 0.15) is 11.5 Å². The Kier molecular flexibility index (Phi) is 4.28. The molecule has 0 radical (unpaired) electrons. The van der Waals surface area contributed by atoms with Gasteiger partial charge in [-0.2, -0.15) is 0 Å². The second-order valence-corrected chi connectivity index (χ2v) is 8.96. The molecule has 27 heavy (non-hydrogen) atoms. The van der Waals surface area contributed by atoms with Crippen LogP contribution in [-0.4, -0.2) is 21.5 Å². The minimum absolute atomic E-state index is 0.0333. The topological polar surface area (TPSA) is 53.5 Å². The van der Waals surface area contributed by atoms with Crippen LogP contribution >= 0.6 is 23.8 Å². The number of hydrogen-bond acceptors (Lipinski definition) is 3. The Morgan fingerprint density at radius 2 is 1.89 bits per heavy atom. The van der Waals surface area contributed by atoms with Crippen LogP contribution in [0.4, 0.5) is 0 Å². The number of ether oxygens (including phenoxy) is 1. The number of thiocarbonyl (C=S) groups is 1. The van der Waals surface area contributed by atoms with E-state index in [9.17, 15) is 5.11 Å². The van der Waals surface area contributed by atoms with E-state index in [4.69, 9.17) is 28.6 Å². The fourth-order valence-corrected chi connectivity index (χ4v) is 5.09. The molecule has 2 aliphatic heterocycles. The Bertz CT molecular complexity index is 930. The Labute approximate surface area is 169 Å². The van der Waals surface area contributed by atoms with E-state index >= 15 is 0 Å². The lowest BCUT2D eigenvalue weighted by Crippen LogP contribution is -2.69. The molecule has 2 atom stereocenters. The van der Waals surface area contributed by atoms with Gasteiger partial charge < -0.3 is 20.5 Å². The summed E-state index contributed by atoms with van der Waals surface area (Å²) in [6, 6.07) is 11.6. The summed E-state index contributed by atoms with van der Waals surface area (Å²) in [5.41, 5.74) is 1.94. The third-order valence-electron chi connectivity index (χ3n) is 5.42. The SMILES string of the molecule is Cc1c(O)ccc2c1OC1(CC2c2ccccc2Cl)CC(C)(C)NC(=S)N1. The van der Waals surface area contributed by atoms with Crippen LogP contribution in [0.2, 0.25) is 5.02 Å². The number of nitrogens with one attached hydrogen (secondary N) is 2. The van der Waals surface area contributed by atoms with Crippen LogP contribution in [0.25, 0.3) is 0 Å². The van der Waals surface area contributed by atoms with Gasteiger partial charge in [-0.3, -0.25) is 0 Å². The van der Waals surface area contributed by atoms with Crippen LogP contribution < -0.4 is 15.4 Å². The Balaban J connectivity index is 1.89. The smallest absolute Gasteiger partial charge is 0.185 e. The van der Waals surface area contributed by atoms with Gasteiger partial charge in [0.05, 0.1) is 0 Å². The van der Waals surface area contributed by atoms with E-state index in [2.05, 4.69) is 30.5 Å². The molecule has 2 heterocycles. The zero-order valence-corrected chi connectivity index (χ0v) is 17.2. The van der Waals surface area contributed by atoms with Crippen molar-refractivity contribution in [2.75, 3.05) is 0 Å². The summed E-state index contributed by atoms with van der Waals surface area (Å²) >= 11 is 12.0. The number of hydrogen-bond donors (Lipinski definition) is 3. The van der Waals surface area contributed by atoms with Crippen molar-refractivity contribution in [2.45, 2.75) is 50.8 Å². The van der Waals surface area contributed by atoms with Crippen LogP contribution in [-0.2, 0) is 0 Å². The highest BCUT2D eigenvalue weighted by Crippen LogP contribution is 2.50. The Hall–Kier alpha value is -1.98. The van der Waals surface area contributed by atoms with E-state index in [1.807, 2.05) is 31.2 Å². The van der Waals surface area contributed by atoms with Crippen molar-refractivity contribution in [3.8, 4) is 11.5 Å². The molecule has 2 unspecified atom stereocenters. The average Bonchev–Trinajstić information content (AvgIpc) is 2.56. The van der Waals surface area contributed by atoms with E-state index < -0.39 is 5.72 Å². The first-order valence-corrected chi connectivity index (χ1v) is 9.85. The maximum atomic E-state index is 10.3. The van der Waals surface area contributed by atoms with Gasteiger partial charge in [-0.15, -0.1) is 0 Å². The number of halogens is 1. The summed E-state index contributed by atoms with van der Waals surface area (Å²) in [6.07, 6.45) is 1.41. The minimum Gasteiger partial charge on any atom is -0.508 e. The van der Waals surface area contributed by atoms with Gasteiger partial charge in [0, 0.05) is 40.4 Å². The molecule has 4 nitrogen and oxygen atoms in total. The highest BCUT2D eigenvalue weighted by Gasteiger charge is 2.49. The molecule has 6 heteroatoms. The zero-order chi connectivity index (χ0) is 19.4. The lowest BCUT2D eigenvalue weighted by molar-refractivity contribution is -0.0134. The fraction of sp³-hybridized carbons (Fsp3) is 0.381. The second kappa shape index (κ2) is 6.28. The molecule has 2 aromatic rings. The first-order chi connectivity index (χ1) is 12.7. The Morgan fingerprint density at radius 3 is 2.59 bits per heavy atom. The molecule has 1 fully saturated rings. The summed E-state index contributed by atoms with van der Waals surface area (Å²) < 4.78 is 6.53. The van der Waals surface area contributed by atoms with E-state index in [1.54, 1.807) is 6.07 Å². The maximum Gasteiger partial charge on any atom is 0.185 e. The predicted molar refractivity (Wildman–Crippen MR) is 112 cm³/mol. The van der Waals surface area contributed by atoms with E-state index in [0.29, 0.717) is 17.3 Å². The van der Waals surface area contributed by atoms with Crippen molar-refractivity contribution in [2.24, 2.45) is 0 Å². The molecule has 0 aromatic heterocycles. The van der Waals surface area contributed by atoms with Gasteiger partial charge in [0.2, 0.25) is 0 Å². The normalized spacial score (nSPS) is 25.9. The van der Waals surface area contributed by atoms with Crippen molar-refractivity contribution in [3.63, 3.8) is 0 Å². The molecule has 1 saturated heterocycles. The molecule has 0 amide bonds. The maximum absolute atomic E-state index is 10.3. The number of phenolic OH excluding ortho intramolecular Hbond substituents is 1. The van der Waals surface area contributed by atoms with Crippen LogP contribution in [0.5, 0.6) is 11.5 Å². The molecular weight excluding hydrogens is 380 g/mol. The third-order valence-corrected chi connectivity index (χ3v) is 5.96. The summed E-state index contributed by atoms with van der Waals surface area (Å²) in [6.45, 7) is 6.10. The number of phenols is 1. The van der Waals surface area contributed by atoms with E-state index in [1.165, 1.54) is 0 Å². The number of rotatable bonds is 1. The summed E-state index contributed by atoms with van der Waals surface area (Å²) in [7, 11) is 0. The van der Waals surface area contributed by atoms with Gasteiger partial charge in [0.25, 0.3) is 0 Å². The molecule has 2 aliphatic rings. The molecule has 0 bridgehead atoms. The quantitative estimate of drug-likeness (QED) is 0.608. The lowest BCUT2D eigenvalue weighted by atomic mass is 9.76. The summed E-state index contributed by atoms with van der Waals surface area (Å²) in [5, 5.41) is 18.2. The van der Waals surface area contributed by atoms with Crippen molar-refractivity contribution < 1.29 is 9.84 Å². The molecule has 1 spiro atoms. The number of aromatic hydroxyl groups is 1. The zero-order valence-electron chi connectivity index (χ0n) is 15.6. The highest BCUT2D eigenvalue weighted by molar-refractivity contribution is 7.80. The monoisotopic (exact) mass is 402 g/mol. The first kappa shape index (κ1) is 18.4. The van der Waals surface area contributed by atoms with Crippen LogP contribution in [0, 0.1) is 6.92 Å². The number of fused-ring (bicyclic) bond motifs is 1. The average molecular weight is 403 g/mol. The molecular formula is C21H23ClN2O2S. The van der Waals surface area contributed by atoms with Gasteiger partial charge in [-0.25, -0.2) is 0 Å². The van der Waals surface area contributed by atoms with E-state index in [-0.39, 0.29) is 17.2 Å².